The second kappa shape index (κ2) is 13.6. The first-order chi connectivity index (χ1) is 21.3. The van der Waals surface area contributed by atoms with Gasteiger partial charge in [0.15, 0.2) is 0 Å². The van der Waals surface area contributed by atoms with E-state index >= 15 is 0 Å². The second-order valence-electron chi connectivity index (χ2n) is 13.0. The molecular formula is C31H42IN5O7S. The van der Waals surface area contributed by atoms with Crippen LogP contribution in [0.1, 0.15) is 75.8 Å². The summed E-state index contributed by atoms with van der Waals surface area (Å²) in [6.07, 6.45) is 8.52. The lowest BCUT2D eigenvalue weighted by Crippen LogP contribution is -2.50. The van der Waals surface area contributed by atoms with Gasteiger partial charge in [0, 0.05) is 16.5 Å². The molecule has 5 atom stereocenters. The number of halogens is 1. The van der Waals surface area contributed by atoms with Crippen LogP contribution >= 0.6 is 22.6 Å². The van der Waals surface area contributed by atoms with Gasteiger partial charge >= 0.3 is 6.09 Å². The Morgan fingerprint density at radius 2 is 1.93 bits per heavy atom. The Kier molecular flexibility index (Phi) is 10.1. The quantitative estimate of drug-likeness (QED) is 0.156. The van der Waals surface area contributed by atoms with Gasteiger partial charge in [-0.15, -0.1) is 0 Å². The predicted octanol–water partition coefficient (Wildman–Crippen LogP) is 2.67. The molecule has 3 fully saturated rings. The lowest BCUT2D eigenvalue weighted by Gasteiger charge is -2.25. The molecule has 12 nitrogen and oxygen atoms in total. The van der Waals surface area contributed by atoms with Gasteiger partial charge in [0.05, 0.1) is 29.8 Å². The van der Waals surface area contributed by atoms with Crippen molar-refractivity contribution < 1.29 is 32.3 Å². The highest BCUT2D eigenvalue weighted by Gasteiger charge is 2.56. The molecule has 2 aliphatic heterocycles. The van der Waals surface area contributed by atoms with E-state index in [1.165, 1.54) is 4.90 Å². The molecule has 1 saturated heterocycles. The highest BCUT2D eigenvalue weighted by Crippen LogP contribution is 2.53. The Hall–Kier alpha value is -2.72. The van der Waals surface area contributed by atoms with Crippen LogP contribution in [-0.4, -0.2) is 72.0 Å². The standard InChI is InChI=1S/C31H42IN5O7S/c1-31(29(40)35-45(42,43)22-12-13-22)15-20(31)9-5-3-2-4-6-11-25(33)28(39)37-17-21(14-26(37)27(34)38)44-30(41)36-16-19-8-7-10-24(32)23(19)18-36/h5,7-10,20-22,25-26H,2-4,6,11-18,33H2,1H3,(H2,34,38)(H,35,40)/b9-5-/t20-,21-,25+,26+,31+/m1/s1. The first-order valence-corrected chi connectivity index (χ1v) is 18.2. The summed E-state index contributed by atoms with van der Waals surface area (Å²) in [4.78, 5) is 53.7. The molecule has 0 spiro atoms. The number of fused-ring (bicyclic) bond motifs is 1. The van der Waals surface area contributed by atoms with Crippen molar-refractivity contribution in [3.05, 3.63) is 45.0 Å². The number of sulfonamides is 1. The molecule has 4 amide bonds. The fourth-order valence-corrected chi connectivity index (χ4v) is 8.31. The molecule has 2 heterocycles. The zero-order chi connectivity index (χ0) is 32.5. The summed E-state index contributed by atoms with van der Waals surface area (Å²) in [5.41, 5.74) is 13.3. The molecule has 0 aromatic heterocycles. The molecule has 1 aromatic carbocycles. The summed E-state index contributed by atoms with van der Waals surface area (Å²) in [6, 6.07) is 4.25. The third kappa shape index (κ3) is 7.81. The van der Waals surface area contributed by atoms with Crippen LogP contribution in [0, 0.1) is 14.9 Å². The van der Waals surface area contributed by atoms with E-state index < -0.39 is 56.8 Å². The van der Waals surface area contributed by atoms with Gasteiger partial charge in [-0.2, -0.15) is 0 Å². The van der Waals surface area contributed by atoms with Gasteiger partial charge in [-0.3, -0.25) is 24.0 Å². The number of allylic oxidation sites excluding steroid dienone is 2. The van der Waals surface area contributed by atoms with Gasteiger partial charge < -0.3 is 21.1 Å². The lowest BCUT2D eigenvalue weighted by molar-refractivity contribution is -0.138. The third-order valence-corrected chi connectivity index (χ3v) is 12.2. The zero-order valence-electron chi connectivity index (χ0n) is 25.5. The van der Waals surface area contributed by atoms with Gasteiger partial charge in [-0.1, -0.05) is 44.1 Å². The van der Waals surface area contributed by atoms with Crippen LogP contribution in [0.15, 0.2) is 30.4 Å². The molecule has 0 radical (unpaired) electrons. The van der Waals surface area contributed by atoms with Crippen molar-refractivity contribution in [2.24, 2.45) is 22.8 Å². The van der Waals surface area contributed by atoms with Crippen LogP contribution in [0.25, 0.3) is 0 Å². The normalized spacial score (nSPS) is 26.5. The smallest absolute Gasteiger partial charge is 0.410 e. The molecule has 0 unspecified atom stereocenters. The number of nitrogens with one attached hydrogen (secondary N) is 1. The summed E-state index contributed by atoms with van der Waals surface area (Å²) >= 11 is 2.25. The Balaban J connectivity index is 1.00. The van der Waals surface area contributed by atoms with Crippen molar-refractivity contribution in [1.82, 2.24) is 14.5 Å². The Bertz CT molecular complexity index is 1480. The minimum absolute atomic E-state index is 0.0234. The van der Waals surface area contributed by atoms with Gasteiger partial charge in [0.1, 0.15) is 12.1 Å². The van der Waals surface area contributed by atoms with E-state index in [1.807, 2.05) is 30.4 Å². The SMILES string of the molecule is C[C@]1(C(=O)NS(=O)(=O)C2CC2)C[C@H]1/C=C\CCCCC[C@H](N)C(=O)N1C[C@H](OC(=O)N2Cc3cccc(I)c3C2)C[C@H]1C(N)=O. The van der Waals surface area contributed by atoms with Gasteiger partial charge in [-0.25, -0.2) is 13.2 Å². The van der Waals surface area contributed by atoms with Crippen LogP contribution in [-0.2, 0) is 42.2 Å². The number of unbranched alkanes of at least 4 members (excludes halogenated alkanes) is 3. The van der Waals surface area contributed by atoms with E-state index in [4.69, 9.17) is 16.2 Å². The average molecular weight is 756 g/mol. The largest absolute Gasteiger partial charge is 0.444 e. The summed E-state index contributed by atoms with van der Waals surface area (Å²) in [7, 11) is -3.54. The molecule has 0 bridgehead atoms. The van der Waals surface area contributed by atoms with Crippen molar-refractivity contribution in [2.75, 3.05) is 6.54 Å². The number of rotatable bonds is 13. The third-order valence-electron chi connectivity index (χ3n) is 9.42. The van der Waals surface area contributed by atoms with Crippen LogP contribution in [0.5, 0.6) is 0 Å². The maximum absolute atomic E-state index is 13.2. The molecule has 45 heavy (non-hydrogen) atoms. The number of carbonyl (C=O) groups excluding carboxylic acids is 4. The van der Waals surface area contributed by atoms with Crippen molar-refractivity contribution in [2.45, 2.75) is 101 Å². The average Bonchev–Trinajstić information content (AvgIpc) is 3.86. The molecule has 1 aromatic rings. The van der Waals surface area contributed by atoms with Crippen LogP contribution in [0.3, 0.4) is 0 Å². The maximum Gasteiger partial charge on any atom is 0.410 e. The Morgan fingerprint density at radius 1 is 1.18 bits per heavy atom. The number of benzene rings is 1. The van der Waals surface area contributed by atoms with E-state index in [-0.39, 0.29) is 24.8 Å². The van der Waals surface area contributed by atoms with Gasteiger partial charge in [-0.05, 0) is 84.2 Å². The van der Waals surface area contributed by atoms with Crippen molar-refractivity contribution in [3.63, 3.8) is 0 Å². The van der Waals surface area contributed by atoms with E-state index in [0.29, 0.717) is 45.2 Å². The van der Waals surface area contributed by atoms with E-state index in [0.717, 1.165) is 34.0 Å². The van der Waals surface area contributed by atoms with Crippen LogP contribution in [0.2, 0.25) is 0 Å². The number of likely N-dealkylation sites (tertiary alicyclic amines) is 1. The number of nitrogens with two attached hydrogens (primary N) is 2. The first-order valence-electron chi connectivity index (χ1n) is 15.6. The second-order valence-corrected chi connectivity index (χ2v) is 16.1. The Morgan fingerprint density at radius 3 is 2.62 bits per heavy atom. The van der Waals surface area contributed by atoms with E-state index in [9.17, 15) is 27.6 Å². The fraction of sp³-hybridized carbons (Fsp3) is 0.613. The Labute approximate surface area is 277 Å². The fourth-order valence-electron chi connectivity index (χ4n) is 6.17. The van der Waals surface area contributed by atoms with Crippen LogP contribution < -0.4 is 16.2 Å². The highest BCUT2D eigenvalue weighted by atomic mass is 127. The number of amides is 4. The predicted molar refractivity (Wildman–Crippen MR) is 174 cm³/mol. The number of ether oxygens (including phenoxy) is 1. The summed E-state index contributed by atoms with van der Waals surface area (Å²) in [5, 5.41) is -0.425. The summed E-state index contributed by atoms with van der Waals surface area (Å²) in [5.74, 6) is -1.43. The number of carbonyl (C=O) groups is 4. The van der Waals surface area contributed by atoms with Crippen molar-refractivity contribution in [3.8, 4) is 0 Å². The van der Waals surface area contributed by atoms with Crippen molar-refractivity contribution >= 4 is 56.4 Å². The summed E-state index contributed by atoms with van der Waals surface area (Å²) in [6.45, 7) is 2.76. The topological polar surface area (TPSA) is 182 Å². The van der Waals surface area contributed by atoms with Gasteiger partial charge in [0.2, 0.25) is 27.7 Å². The molecule has 246 valence electrons. The zero-order valence-corrected chi connectivity index (χ0v) is 28.4. The molecule has 2 aliphatic carbocycles. The molecular weight excluding hydrogens is 713 g/mol. The molecule has 5 N–H and O–H groups in total. The lowest BCUT2D eigenvalue weighted by atomic mass is 10.0. The number of hydrogen-bond acceptors (Lipinski definition) is 8. The van der Waals surface area contributed by atoms with Gasteiger partial charge in [0.25, 0.3) is 0 Å². The number of nitrogens with zero attached hydrogens (tertiary/aromatic N) is 2. The molecule has 5 rings (SSSR count). The van der Waals surface area contributed by atoms with Crippen LogP contribution in [0.4, 0.5) is 4.79 Å². The summed E-state index contributed by atoms with van der Waals surface area (Å²) < 4.78 is 33.2. The monoisotopic (exact) mass is 755 g/mol. The first kappa shape index (κ1) is 33.6. The number of hydrogen-bond donors (Lipinski definition) is 3. The maximum atomic E-state index is 13.2. The molecule has 2 saturated carbocycles. The number of primary amides is 1. The highest BCUT2D eigenvalue weighted by molar-refractivity contribution is 14.1. The van der Waals surface area contributed by atoms with E-state index in [1.54, 1.807) is 11.8 Å². The molecule has 14 heteroatoms. The molecule has 4 aliphatic rings. The minimum atomic E-state index is -3.54. The van der Waals surface area contributed by atoms with E-state index in [2.05, 4.69) is 27.3 Å². The minimum Gasteiger partial charge on any atom is -0.444 e. The van der Waals surface area contributed by atoms with Crippen molar-refractivity contribution in [1.29, 1.82) is 0 Å².